The molecule has 2 saturated heterocycles. The second-order valence-corrected chi connectivity index (χ2v) is 6.25. The number of fused-ring (bicyclic) bond motifs is 1. The van der Waals surface area contributed by atoms with Gasteiger partial charge in [0.1, 0.15) is 0 Å². The minimum absolute atomic E-state index is 0.150. The zero-order chi connectivity index (χ0) is 12.3. The van der Waals surface area contributed by atoms with Crippen LogP contribution in [0.5, 0.6) is 0 Å². The fourth-order valence-electron chi connectivity index (χ4n) is 3.29. The average Bonchev–Trinajstić information content (AvgIpc) is 2.77. The first kappa shape index (κ1) is 11.9. The fourth-order valence-corrected chi connectivity index (χ4v) is 3.29. The molecule has 17 heavy (non-hydrogen) atoms. The van der Waals surface area contributed by atoms with Crippen LogP contribution in [-0.2, 0) is 18.9 Å². The van der Waals surface area contributed by atoms with E-state index in [1.54, 1.807) is 0 Å². The number of rotatable bonds is 1. The lowest BCUT2D eigenvalue weighted by molar-refractivity contribution is -0.171. The van der Waals surface area contributed by atoms with Crippen LogP contribution in [0.4, 0.5) is 0 Å². The molecule has 0 bridgehead atoms. The van der Waals surface area contributed by atoms with Crippen LogP contribution in [0, 0.1) is 5.92 Å². The largest absolute Gasteiger partial charge is 0.348 e. The van der Waals surface area contributed by atoms with E-state index in [1.807, 2.05) is 27.7 Å². The summed E-state index contributed by atoms with van der Waals surface area (Å²) >= 11 is 0. The Labute approximate surface area is 103 Å². The molecule has 0 N–H and O–H groups in total. The molecule has 4 atom stereocenters. The zero-order valence-corrected chi connectivity index (χ0v) is 11.1. The third-order valence-corrected chi connectivity index (χ3v) is 3.94. The van der Waals surface area contributed by atoms with Gasteiger partial charge in [-0.25, -0.2) is 0 Å². The van der Waals surface area contributed by atoms with Crippen molar-refractivity contribution in [2.24, 2.45) is 5.92 Å². The van der Waals surface area contributed by atoms with E-state index in [1.165, 1.54) is 0 Å². The molecule has 2 aliphatic heterocycles. The molecule has 0 aromatic carbocycles. The molecule has 0 amide bonds. The van der Waals surface area contributed by atoms with Crippen LogP contribution in [0.25, 0.3) is 0 Å². The summed E-state index contributed by atoms with van der Waals surface area (Å²) in [5.74, 6) is -0.482. The Morgan fingerprint density at radius 1 is 0.824 bits per heavy atom. The van der Waals surface area contributed by atoms with E-state index in [-0.39, 0.29) is 18.3 Å². The summed E-state index contributed by atoms with van der Waals surface area (Å²) in [7, 11) is 0. The van der Waals surface area contributed by atoms with Gasteiger partial charge in [-0.3, -0.25) is 0 Å². The van der Waals surface area contributed by atoms with Crippen LogP contribution in [0.1, 0.15) is 40.5 Å². The van der Waals surface area contributed by atoms with Crippen LogP contribution in [-0.4, -0.2) is 36.5 Å². The Morgan fingerprint density at radius 2 is 1.53 bits per heavy atom. The zero-order valence-electron chi connectivity index (χ0n) is 11.1. The number of hydrogen-bond donors (Lipinski definition) is 0. The van der Waals surface area contributed by atoms with Gasteiger partial charge in [-0.2, -0.15) is 0 Å². The third-order valence-electron chi connectivity index (χ3n) is 3.94. The maximum atomic E-state index is 6.01. The van der Waals surface area contributed by atoms with Crippen LogP contribution in [0.3, 0.4) is 0 Å². The average molecular weight is 242 g/mol. The first-order valence-electron chi connectivity index (χ1n) is 6.54. The van der Waals surface area contributed by atoms with Crippen LogP contribution in [0.15, 0.2) is 0 Å². The van der Waals surface area contributed by atoms with Crippen molar-refractivity contribution in [3.63, 3.8) is 0 Å². The molecule has 1 saturated carbocycles. The smallest absolute Gasteiger partial charge is 0.163 e. The molecular weight excluding hydrogens is 220 g/mol. The number of ether oxygens (including phenoxy) is 4. The predicted octanol–water partition coefficient (Wildman–Crippen LogP) is 2.07. The van der Waals surface area contributed by atoms with Crippen molar-refractivity contribution in [3.8, 4) is 0 Å². The predicted molar refractivity (Wildman–Crippen MR) is 61.5 cm³/mol. The van der Waals surface area contributed by atoms with Gasteiger partial charge < -0.3 is 18.9 Å². The molecule has 0 aromatic heterocycles. The van der Waals surface area contributed by atoms with Crippen molar-refractivity contribution in [2.75, 3.05) is 6.61 Å². The van der Waals surface area contributed by atoms with E-state index < -0.39 is 11.6 Å². The molecule has 1 aliphatic carbocycles. The quantitative estimate of drug-likeness (QED) is 0.705. The lowest BCUT2D eigenvalue weighted by atomic mass is 9.99. The summed E-state index contributed by atoms with van der Waals surface area (Å²) < 4.78 is 23.5. The fraction of sp³-hybridized carbons (Fsp3) is 1.00. The Balaban J connectivity index is 1.70. The molecule has 2 heterocycles. The minimum Gasteiger partial charge on any atom is -0.348 e. The molecule has 4 nitrogen and oxygen atoms in total. The first-order valence-corrected chi connectivity index (χ1v) is 6.54. The topological polar surface area (TPSA) is 36.9 Å². The Morgan fingerprint density at radius 3 is 2.18 bits per heavy atom. The highest BCUT2D eigenvalue weighted by molar-refractivity contribution is 4.97. The second kappa shape index (κ2) is 3.67. The molecule has 3 rings (SSSR count). The van der Waals surface area contributed by atoms with Crippen LogP contribution >= 0.6 is 0 Å². The van der Waals surface area contributed by atoms with Gasteiger partial charge in [-0.15, -0.1) is 0 Å². The number of hydrogen-bond acceptors (Lipinski definition) is 4. The van der Waals surface area contributed by atoms with E-state index >= 15 is 0 Å². The SMILES string of the molecule is CC1(C)OC[C@@H]([C@@H]2CC[C@H]3OC(C)(C)O[C@@H]23)O1. The van der Waals surface area contributed by atoms with Crippen molar-refractivity contribution in [2.45, 2.75) is 70.4 Å². The van der Waals surface area contributed by atoms with E-state index in [2.05, 4.69) is 0 Å². The summed E-state index contributed by atoms with van der Waals surface area (Å²) in [6.45, 7) is 8.58. The van der Waals surface area contributed by atoms with Crippen molar-refractivity contribution in [1.82, 2.24) is 0 Å². The maximum Gasteiger partial charge on any atom is 0.163 e. The monoisotopic (exact) mass is 242 g/mol. The standard InChI is InChI=1S/C13H22O4/c1-12(2)14-7-10(16-12)8-5-6-9-11(8)17-13(3,4)15-9/h8-11H,5-7H2,1-4H3/t8-,9+,10-,11-/m0/s1. The molecule has 3 fully saturated rings. The van der Waals surface area contributed by atoms with E-state index in [9.17, 15) is 0 Å². The van der Waals surface area contributed by atoms with E-state index in [0.29, 0.717) is 12.5 Å². The first-order chi connectivity index (χ1) is 7.86. The lowest BCUT2D eigenvalue weighted by Crippen LogP contribution is -2.35. The highest BCUT2D eigenvalue weighted by Crippen LogP contribution is 2.45. The molecule has 0 unspecified atom stereocenters. The van der Waals surface area contributed by atoms with E-state index in [4.69, 9.17) is 18.9 Å². The van der Waals surface area contributed by atoms with Gasteiger partial charge in [0.15, 0.2) is 11.6 Å². The lowest BCUT2D eigenvalue weighted by Gasteiger charge is -2.26. The molecule has 0 aromatic rings. The molecule has 3 aliphatic rings. The maximum absolute atomic E-state index is 6.01. The molecule has 98 valence electrons. The molecular formula is C13H22O4. The van der Waals surface area contributed by atoms with Gasteiger partial charge >= 0.3 is 0 Å². The summed E-state index contributed by atoms with van der Waals surface area (Å²) in [4.78, 5) is 0. The highest BCUT2D eigenvalue weighted by Gasteiger charge is 2.53. The Hall–Kier alpha value is -0.160. The minimum atomic E-state index is -0.447. The second-order valence-electron chi connectivity index (χ2n) is 6.25. The van der Waals surface area contributed by atoms with Crippen molar-refractivity contribution in [3.05, 3.63) is 0 Å². The van der Waals surface area contributed by atoms with Crippen LogP contribution < -0.4 is 0 Å². The van der Waals surface area contributed by atoms with Gasteiger partial charge in [-0.05, 0) is 40.5 Å². The molecule has 0 radical (unpaired) electrons. The summed E-state index contributed by atoms with van der Waals surface area (Å²) in [6, 6.07) is 0. The highest BCUT2D eigenvalue weighted by atomic mass is 16.8. The normalized spacial score (nSPS) is 47.3. The van der Waals surface area contributed by atoms with Gasteiger partial charge in [-0.1, -0.05) is 0 Å². The van der Waals surface area contributed by atoms with Gasteiger partial charge in [0.2, 0.25) is 0 Å². The Bertz CT molecular complexity index is 313. The Kier molecular flexibility index (Phi) is 2.57. The van der Waals surface area contributed by atoms with Crippen molar-refractivity contribution < 1.29 is 18.9 Å². The third kappa shape index (κ3) is 2.12. The van der Waals surface area contributed by atoms with E-state index in [0.717, 1.165) is 12.8 Å². The molecule has 0 spiro atoms. The van der Waals surface area contributed by atoms with Crippen molar-refractivity contribution in [1.29, 1.82) is 0 Å². The van der Waals surface area contributed by atoms with Crippen LogP contribution in [0.2, 0.25) is 0 Å². The summed E-state index contributed by atoms with van der Waals surface area (Å²) in [5.41, 5.74) is 0. The van der Waals surface area contributed by atoms with Gasteiger partial charge in [0, 0.05) is 5.92 Å². The summed E-state index contributed by atoms with van der Waals surface area (Å²) in [5, 5.41) is 0. The van der Waals surface area contributed by atoms with Crippen molar-refractivity contribution >= 4 is 0 Å². The summed E-state index contributed by atoms with van der Waals surface area (Å²) in [6.07, 6.45) is 2.74. The van der Waals surface area contributed by atoms with Gasteiger partial charge in [0.05, 0.1) is 24.9 Å². The molecule has 4 heteroatoms. The van der Waals surface area contributed by atoms with Gasteiger partial charge in [0.25, 0.3) is 0 Å².